The predicted molar refractivity (Wildman–Crippen MR) is 75.0 cm³/mol. The fourth-order valence-corrected chi connectivity index (χ4v) is 2.56. The maximum absolute atomic E-state index is 12.0. The minimum absolute atomic E-state index is 0.0330. The molecule has 0 aliphatic heterocycles. The third-order valence-electron chi connectivity index (χ3n) is 2.84. The van der Waals surface area contributed by atoms with Crippen molar-refractivity contribution in [3.8, 4) is 0 Å². The van der Waals surface area contributed by atoms with Crippen LogP contribution in [-0.2, 0) is 9.84 Å². The van der Waals surface area contributed by atoms with Crippen molar-refractivity contribution in [2.24, 2.45) is 0 Å². The van der Waals surface area contributed by atoms with Crippen molar-refractivity contribution in [3.05, 3.63) is 42.1 Å². The zero-order chi connectivity index (χ0) is 13.9. The van der Waals surface area contributed by atoms with Crippen LogP contribution in [0, 0.1) is 0 Å². The molecule has 0 unspecified atom stereocenters. The highest BCUT2D eigenvalue weighted by Crippen LogP contribution is 2.15. The molecule has 4 nitrogen and oxygen atoms in total. The summed E-state index contributed by atoms with van der Waals surface area (Å²) < 4.78 is 22.0. The fraction of sp³-hybridized carbons (Fsp3) is 0.286. The molecule has 2 aromatic rings. The highest BCUT2D eigenvalue weighted by Gasteiger charge is 2.09. The average molecular weight is 277 g/mol. The number of rotatable bonds is 5. The van der Waals surface area contributed by atoms with Crippen molar-refractivity contribution in [3.63, 3.8) is 0 Å². The largest absolute Gasteiger partial charge is 0.294 e. The molecule has 0 atom stereocenters. The van der Waals surface area contributed by atoms with Crippen LogP contribution < -0.4 is 0 Å². The second kappa shape index (κ2) is 5.48. The lowest BCUT2D eigenvalue weighted by atomic mass is 10.0. The maximum Gasteiger partial charge on any atom is 0.162 e. The van der Waals surface area contributed by atoms with Gasteiger partial charge in [0.1, 0.15) is 9.84 Å². The Balaban J connectivity index is 2.09. The van der Waals surface area contributed by atoms with Crippen LogP contribution in [0.5, 0.6) is 0 Å². The minimum atomic E-state index is -3.00. The topological polar surface area (TPSA) is 64.1 Å². The van der Waals surface area contributed by atoms with Gasteiger partial charge in [0.25, 0.3) is 0 Å². The SMILES string of the molecule is CS(=O)(=O)CCCC(=O)c1ccc2ncccc2c1. The molecule has 1 aromatic heterocycles. The molecule has 0 saturated carbocycles. The maximum atomic E-state index is 12.0. The molecule has 0 saturated heterocycles. The summed E-state index contributed by atoms with van der Waals surface area (Å²) in [6, 6.07) is 9.05. The van der Waals surface area contributed by atoms with Gasteiger partial charge in [-0.3, -0.25) is 9.78 Å². The normalized spacial score (nSPS) is 11.6. The second-order valence-electron chi connectivity index (χ2n) is 4.57. The molecule has 0 radical (unpaired) electrons. The van der Waals surface area contributed by atoms with Crippen molar-refractivity contribution in [2.75, 3.05) is 12.0 Å². The number of Topliss-reactive ketones (excluding diaryl/α,β-unsaturated/α-hetero) is 1. The average Bonchev–Trinajstić information content (AvgIpc) is 2.36. The second-order valence-corrected chi connectivity index (χ2v) is 6.83. The lowest BCUT2D eigenvalue weighted by Crippen LogP contribution is -2.06. The third-order valence-corrected chi connectivity index (χ3v) is 3.87. The molecule has 0 fully saturated rings. The summed E-state index contributed by atoms with van der Waals surface area (Å²) >= 11 is 0. The number of fused-ring (bicyclic) bond motifs is 1. The summed E-state index contributed by atoms with van der Waals surface area (Å²) in [6.07, 6.45) is 3.50. The first-order valence-electron chi connectivity index (χ1n) is 6.01. The summed E-state index contributed by atoms with van der Waals surface area (Å²) in [5, 5.41) is 0.913. The van der Waals surface area contributed by atoms with Crippen LogP contribution in [0.3, 0.4) is 0 Å². The Hall–Kier alpha value is -1.75. The Labute approximate surface area is 112 Å². The number of sulfone groups is 1. The van der Waals surface area contributed by atoms with E-state index in [-0.39, 0.29) is 18.0 Å². The van der Waals surface area contributed by atoms with Gasteiger partial charge in [-0.05, 0) is 30.7 Å². The Morgan fingerprint density at radius 1 is 1.26 bits per heavy atom. The van der Waals surface area contributed by atoms with Crippen LogP contribution in [0.15, 0.2) is 36.5 Å². The van der Waals surface area contributed by atoms with E-state index in [1.54, 1.807) is 24.4 Å². The van der Waals surface area contributed by atoms with Crippen LogP contribution in [0.2, 0.25) is 0 Å². The van der Waals surface area contributed by atoms with E-state index >= 15 is 0 Å². The van der Waals surface area contributed by atoms with Crippen LogP contribution >= 0.6 is 0 Å². The number of pyridine rings is 1. The number of carbonyl (C=O) groups is 1. The molecule has 100 valence electrons. The predicted octanol–water partition coefficient (Wildman–Crippen LogP) is 2.24. The minimum Gasteiger partial charge on any atom is -0.294 e. The number of hydrogen-bond donors (Lipinski definition) is 0. The van der Waals surface area contributed by atoms with E-state index in [1.165, 1.54) is 6.26 Å². The molecule has 0 bridgehead atoms. The van der Waals surface area contributed by atoms with Crippen molar-refractivity contribution in [1.82, 2.24) is 4.98 Å². The Morgan fingerprint density at radius 2 is 2.05 bits per heavy atom. The van der Waals surface area contributed by atoms with Crippen LogP contribution in [0.4, 0.5) is 0 Å². The lowest BCUT2D eigenvalue weighted by molar-refractivity contribution is 0.0982. The van der Waals surface area contributed by atoms with E-state index in [2.05, 4.69) is 4.98 Å². The zero-order valence-electron chi connectivity index (χ0n) is 10.7. The number of carbonyl (C=O) groups excluding carboxylic acids is 1. The summed E-state index contributed by atoms with van der Waals surface area (Å²) in [7, 11) is -3.00. The molecule has 2 rings (SSSR count). The Kier molecular flexibility index (Phi) is 3.95. The number of aromatic nitrogens is 1. The molecule has 1 heterocycles. The summed E-state index contributed by atoms with van der Waals surface area (Å²) in [4.78, 5) is 16.1. The van der Waals surface area contributed by atoms with Gasteiger partial charge in [-0.2, -0.15) is 0 Å². The first-order chi connectivity index (χ1) is 8.96. The van der Waals surface area contributed by atoms with Crippen molar-refractivity contribution >= 4 is 26.5 Å². The van der Waals surface area contributed by atoms with E-state index in [0.717, 1.165) is 10.9 Å². The van der Waals surface area contributed by atoms with Gasteiger partial charge >= 0.3 is 0 Å². The quantitative estimate of drug-likeness (QED) is 0.786. The Morgan fingerprint density at radius 3 is 2.79 bits per heavy atom. The molecular formula is C14H15NO3S. The third kappa shape index (κ3) is 3.86. The highest BCUT2D eigenvalue weighted by atomic mass is 32.2. The molecule has 0 N–H and O–H groups in total. The molecule has 0 aliphatic carbocycles. The van der Waals surface area contributed by atoms with Gasteiger partial charge in [-0.15, -0.1) is 0 Å². The van der Waals surface area contributed by atoms with Crippen LogP contribution in [0.1, 0.15) is 23.2 Å². The smallest absolute Gasteiger partial charge is 0.162 e. The van der Waals surface area contributed by atoms with Gasteiger partial charge < -0.3 is 0 Å². The summed E-state index contributed by atoms with van der Waals surface area (Å²) in [6.45, 7) is 0. The number of ketones is 1. The first-order valence-corrected chi connectivity index (χ1v) is 8.07. The molecule has 1 aromatic carbocycles. The molecule has 0 spiro atoms. The van der Waals surface area contributed by atoms with Crippen LogP contribution in [-0.4, -0.2) is 31.2 Å². The van der Waals surface area contributed by atoms with E-state index in [1.807, 2.05) is 12.1 Å². The number of nitrogens with zero attached hydrogens (tertiary/aromatic N) is 1. The standard InChI is InChI=1S/C14H15NO3S/c1-19(17,18)9-3-5-14(16)12-6-7-13-11(10-12)4-2-8-15-13/h2,4,6-8,10H,3,5,9H2,1H3. The number of hydrogen-bond acceptors (Lipinski definition) is 4. The monoisotopic (exact) mass is 277 g/mol. The van der Waals surface area contributed by atoms with Gasteiger partial charge in [0.15, 0.2) is 5.78 Å². The summed E-state index contributed by atoms with van der Waals surface area (Å²) in [5.74, 6) is 0.0165. The highest BCUT2D eigenvalue weighted by molar-refractivity contribution is 7.90. The van der Waals surface area contributed by atoms with Gasteiger partial charge in [-0.25, -0.2) is 8.42 Å². The van der Waals surface area contributed by atoms with E-state index in [0.29, 0.717) is 12.0 Å². The number of benzene rings is 1. The molecule has 0 amide bonds. The van der Waals surface area contributed by atoms with Gasteiger partial charge in [0, 0.05) is 29.8 Å². The van der Waals surface area contributed by atoms with Crippen molar-refractivity contribution in [1.29, 1.82) is 0 Å². The van der Waals surface area contributed by atoms with Gasteiger partial charge in [-0.1, -0.05) is 6.07 Å². The van der Waals surface area contributed by atoms with Crippen LogP contribution in [0.25, 0.3) is 10.9 Å². The summed E-state index contributed by atoms with van der Waals surface area (Å²) in [5.41, 5.74) is 1.45. The molecule has 0 aliphatic rings. The van der Waals surface area contributed by atoms with Crippen molar-refractivity contribution < 1.29 is 13.2 Å². The van der Waals surface area contributed by atoms with Gasteiger partial charge in [0.2, 0.25) is 0 Å². The van der Waals surface area contributed by atoms with E-state index in [4.69, 9.17) is 0 Å². The van der Waals surface area contributed by atoms with Gasteiger partial charge in [0.05, 0.1) is 11.3 Å². The fourth-order valence-electron chi connectivity index (χ4n) is 1.89. The Bertz CT molecular complexity index is 707. The van der Waals surface area contributed by atoms with Crippen molar-refractivity contribution in [2.45, 2.75) is 12.8 Å². The first kappa shape index (κ1) is 13.7. The molecule has 5 heteroatoms. The molecule has 19 heavy (non-hydrogen) atoms. The zero-order valence-corrected chi connectivity index (χ0v) is 11.5. The molecular weight excluding hydrogens is 262 g/mol. The van der Waals surface area contributed by atoms with E-state index in [9.17, 15) is 13.2 Å². The van der Waals surface area contributed by atoms with E-state index < -0.39 is 9.84 Å². The lowest BCUT2D eigenvalue weighted by Gasteiger charge is -2.02.